The van der Waals surface area contributed by atoms with E-state index in [9.17, 15) is 0 Å². The highest BCUT2D eigenvalue weighted by molar-refractivity contribution is 9.46. The van der Waals surface area contributed by atoms with E-state index in [-0.39, 0.29) is 0 Å². The molecule has 0 atom stereocenters. The Morgan fingerprint density at radius 2 is 1.55 bits per heavy atom. The fourth-order valence-electron chi connectivity index (χ4n) is 2.64. The van der Waals surface area contributed by atoms with E-state index in [1.165, 1.54) is 20.7 Å². The molecule has 0 aliphatic heterocycles. The molecule has 2 aromatic carbocycles. The van der Waals surface area contributed by atoms with Crippen molar-refractivity contribution in [3.05, 3.63) is 53.6 Å². The van der Waals surface area contributed by atoms with Crippen LogP contribution in [0.15, 0.2) is 51.7 Å². The summed E-state index contributed by atoms with van der Waals surface area (Å²) in [7, 11) is 14.6. The molecule has 0 saturated heterocycles. The monoisotopic (exact) mass is 583 g/mol. The first-order valence-corrected chi connectivity index (χ1v) is 20.4. The van der Waals surface area contributed by atoms with Gasteiger partial charge in [0.25, 0.3) is 0 Å². The zero-order valence-electron chi connectivity index (χ0n) is 17.2. The number of aryl methyl sites for hydroxylation is 1. The van der Waals surface area contributed by atoms with E-state index < -0.39 is 8.80 Å². The van der Waals surface area contributed by atoms with E-state index in [0.717, 1.165) is 9.86 Å². The lowest BCUT2D eigenvalue weighted by Gasteiger charge is -2.25. The molecule has 0 N–H and O–H groups in total. The van der Waals surface area contributed by atoms with Crippen LogP contribution in [0.3, 0.4) is 0 Å². The van der Waals surface area contributed by atoms with E-state index >= 15 is 0 Å². The largest absolute Gasteiger partial charge is 0.504 e. The summed E-state index contributed by atoms with van der Waals surface area (Å²) >= 11 is 1.74. The molecule has 0 bridgehead atoms. The highest BCUT2D eigenvalue weighted by Gasteiger charge is 2.38. The number of para-hydroxylation sites is 1. The van der Waals surface area contributed by atoms with Crippen molar-refractivity contribution in [3.63, 3.8) is 0 Å². The van der Waals surface area contributed by atoms with Gasteiger partial charge in [0.1, 0.15) is 0 Å². The van der Waals surface area contributed by atoms with E-state index in [0.29, 0.717) is 6.04 Å². The lowest BCUT2D eigenvalue weighted by molar-refractivity contribution is 0.122. The Hall–Kier alpha value is 0.877. The Bertz CT molecular complexity index is 931. The number of hydrogen-bond donors (Lipinski definition) is 0. The third kappa shape index (κ3) is 7.96. The summed E-state index contributed by atoms with van der Waals surface area (Å²) in [4.78, 5) is 5.86. The summed E-state index contributed by atoms with van der Waals surface area (Å²) in [5, 5.41) is 0. The molecule has 4 nitrogen and oxygen atoms in total. The SMILES string of the molecule is CO[Si](Cc1cc(C)ccc1SSSSSSSc1nc2ccccc2s1)(OC)OC. The normalized spacial score (nSPS) is 12.0. The van der Waals surface area contributed by atoms with Crippen LogP contribution in [0.4, 0.5) is 0 Å². The topological polar surface area (TPSA) is 40.6 Å². The third-order valence-electron chi connectivity index (χ3n) is 4.17. The van der Waals surface area contributed by atoms with Gasteiger partial charge in [-0.1, -0.05) is 29.8 Å². The van der Waals surface area contributed by atoms with Gasteiger partial charge < -0.3 is 13.3 Å². The lowest BCUT2D eigenvalue weighted by atomic mass is 10.2. The summed E-state index contributed by atoms with van der Waals surface area (Å²) in [6, 6.07) is 15.4. The van der Waals surface area contributed by atoms with Crippen molar-refractivity contribution in [3.8, 4) is 0 Å². The third-order valence-corrected chi connectivity index (χ3v) is 21.0. The van der Waals surface area contributed by atoms with Crippen LogP contribution >= 0.6 is 82.1 Å². The molecule has 0 saturated carbocycles. The van der Waals surface area contributed by atoms with Crippen LogP contribution in [0.1, 0.15) is 11.1 Å². The summed E-state index contributed by atoms with van der Waals surface area (Å²) in [6.07, 6.45) is 0. The van der Waals surface area contributed by atoms with E-state index in [1.54, 1.807) is 103 Å². The van der Waals surface area contributed by atoms with Gasteiger partial charge in [-0.15, -0.1) is 11.3 Å². The zero-order valence-corrected chi connectivity index (χ0v) is 24.7. The van der Waals surface area contributed by atoms with Crippen molar-refractivity contribution in [1.82, 2.24) is 4.98 Å². The molecular formula is C18H21NO3S8Si. The second kappa shape index (κ2) is 13.7. The summed E-state index contributed by atoms with van der Waals surface area (Å²) < 4.78 is 19.2. The van der Waals surface area contributed by atoms with Crippen LogP contribution in [-0.2, 0) is 19.3 Å². The minimum atomic E-state index is -2.67. The molecule has 0 fully saturated rings. The lowest BCUT2D eigenvalue weighted by Crippen LogP contribution is -2.45. The number of rotatable bonds is 13. The van der Waals surface area contributed by atoms with Gasteiger partial charge in [-0.25, -0.2) is 4.98 Å². The molecule has 0 radical (unpaired) electrons. The molecule has 3 aromatic rings. The molecule has 31 heavy (non-hydrogen) atoms. The van der Waals surface area contributed by atoms with Crippen molar-refractivity contribution in [2.45, 2.75) is 22.2 Å². The number of aromatic nitrogens is 1. The summed E-state index contributed by atoms with van der Waals surface area (Å²) in [5.74, 6) is 0. The molecular weight excluding hydrogens is 563 g/mol. The fourth-order valence-corrected chi connectivity index (χ4v) is 19.9. The molecule has 3 rings (SSSR count). The van der Waals surface area contributed by atoms with Crippen molar-refractivity contribution < 1.29 is 13.3 Å². The van der Waals surface area contributed by atoms with Gasteiger partial charge >= 0.3 is 8.80 Å². The maximum absolute atomic E-state index is 5.62. The van der Waals surface area contributed by atoms with Crippen LogP contribution in [0, 0.1) is 6.92 Å². The van der Waals surface area contributed by atoms with Crippen molar-refractivity contribution >= 4 is 101 Å². The van der Waals surface area contributed by atoms with Gasteiger partial charge in [-0.2, -0.15) is 0 Å². The molecule has 0 spiro atoms. The van der Waals surface area contributed by atoms with Crippen molar-refractivity contribution in [2.75, 3.05) is 21.3 Å². The Morgan fingerprint density at radius 1 is 0.871 bits per heavy atom. The average molecular weight is 584 g/mol. The quantitative estimate of drug-likeness (QED) is 0.110. The number of thiazole rings is 1. The zero-order chi connectivity index (χ0) is 22.1. The Labute approximate surface area is 214 Å². The summed E-state index contributed by atoms with van der Waals surface area (Å²) in [5.41, 5.74) is 3.50. The first-order valence-electron chi connectivity index (χ1n) is 8.87. The molecule has 13 heteroatoms. The van der Waals surface area contributed by atoms with Crippen LogP contribution in [0.2, 0.25) is 0 Å². The van der Waals surface area contributed by atoms with Gasteiger partial charge in [0.2, 0.25) is 0 Å². The molecule has 168 valence electrons. The van der Waals surface area contributed by atoms with Gasteiger partial charge in [-0.05, 0) is 101 Å². The highest BCUT2D eigenvalue weighted by atomic mass is 33.9. The van der Waals surface area contributed by atoms with E-state index in [2.05, 4.69) is 48.3 Å². The van der Waals surface area contributed by atoms with Crippen LogP contribution in [-0.4, -0.2) is 35.1 Å². The molecule has 0 aliphatic rings. The smallest absolute Gasteiger partial charge is 0.377 e. The highest BCUT2D eigenvalue weighted by Crippen LogP contribution is 2.58. The molecule has 0 aliphatic carbocycles. The maximum atomic E-state index is 5.62. The van der Waals surface area contributed by atoms with Crippen LogP contribution < -0.4 is 0 Å². The minimum Gasteiger partial charge on any atom is -0.377 e. The molecule has 0 amide bonds. The van der Waals surface area contributed by atoms with Crippen molar-refractivity contribution in [2.24, 2.45) is 0 Å². The first kappa shape index (κ1) is 26.5. The average Bonchev–Trinajstić information content (AvgIpc) is 3.21. The van der Waals surface area contributed by atoms with Crippen LogP contribution in [0.5, 0.6) is 0 Å². The van der Waals surface area contributed by atoms with E-state index in [4.69, 9.17) is 13.3 Å². The molecule has 1 aromatic heterocycles. The summed E-state index contributed by atoms with van der Waals surface area (Å²) in [6.45, 7) is 2.10. The van der Waals surface area contributed by atoms with E-state index in [1.807, 2.05) is 6.07 Å². The second-order valence-corrected chi connectivity index (χ2v) is 21.3. The van der Waals surface area contributed by atoms with Gasteiger partial charge in [-0.3, -0.25) is 0 Å². The van der Waals surface area contributed by atoms with Gasteiger partial charge in [0, 0.05) is 32.3 Å². The second-order valence-electron chi connectivity index (χ2n) is 6.04. The number of benzene rings is 2. The Morgan fingerprint density at radius 3 is 2.26 bits per heavy atom. The molecule has 1 heterocycles. The Balaban J connectivity index is 1.43. The van der Waals surface area contributed by atoms with Crippen molar-refractivity contribution in [1.29, 1.82) is 0 Å². The Kier molecular flexibility index (Phi) is 11.7. The van der Waals surface area contributed by atoms with Gasteiger partial charge in [0.05, 0.1) is 10.2 Å². The predicted octanol–water partition coefficient (Wildman–Crippen LogP) is 8.60. The van der Waals surface area contributed by atoms with Crippen LogP contribution in [0.25, 0.3) is 10.2 Å². The number of hydrogen-bond acceptors (Lipinski definition) is 12. The van der Waals surface area contributed by atoms with Gasteiger partial charge in [0.15, 0.2) is 4.34 Å². The standard InChI is InChI=1S/C18H21NO3S8Si/c1-13-9-10-16(14(11-13)12-31(20-2,21-3)22-4)24-26-28-30-29-27-25-18-19-15-7-5-6-8-17(15)23-18/h5-11H,12H2,1-4H3. The number of fused-ring (bicyclic) bond motifs is 1. The fraction of sp³-hybridized carbons (Fsp3) is 0.278. The number of nitrogens with zero attached hydrogens (tertiary/aromatic N) is 1. The minimum absolute atomic E-state index is 0.655. The maximum Gasteiger partial charge on any atom is 0.504 e. The predicted molar refractivity (Wildman–Crippen MR) is 151 cm³/mol. The first-order chi connectivity index (χ1) is 15.1. The molecule has 0 unspecified atom stereocenters.